The van der Waals surface area contributed by atoms with Crippen LogP contribution in [0.2, 0.25) is 0 Å². The Balaban J connectivity index is 0.000000686. The van der Waals surface area contributed by atoms with E-state index in [1.54, 1.807) is 24.3 Å². The van der Waals surface area contributed by atoms with Gasteiger partial charge in [0.2, 0.25) is 0 Å². The molecule has 84 valence electrons. The number of aromatic hydroxyl groups is 1. The topological polar surface area (TPSA) is 84.9 Å². The smallest absolute Gasteiger partial charge is 0.193 e. The van der Waals surface area contributed by atoms with E-state index in [1.165, 1.54) is 12.1 Å². The van der Waals surface area contributed by atoms with E-state index >= 15 is 0 Å². The molecule has 0 amide bonds. The maximum absolute atomic E-state index is 11.9. The van der Waals surface area contributed by atoms with Gasteiger partial charge in [-0.2, -0.15) is 0 Å². The highest BCUT2D eigenvalue weighted by atomic mass is 16.3. The Kier molecular flexibility index (Phi) is 4.40. The van der Waals surface area contributed by atoms with Crippen molar-refractivity contribution in [3.05, 3.63) is 65.7 Å². The number of benzene rings is 2. The van der Waals surface area contributed by atoms with E-state index in [-0.39, 0.29) is 11.5 Å². The van der Waals surface area contributed by atoms with Crippen molar-refractivity contribution in [2.45, 2.75) is 0 Å². The van der Waals surface area contributed by atoms with Crippen molar-refractivity contribution >= 4 is 5.78 Å². The Morgan fingerprint density at radius 2 is 1.29 bits per heavy atom. The third-order valence-corrected chi connectivity index (χ3v) is 2.17. The fourth-order valence-corrected chi connectivity index (χ4v) is 1.37. The Hall–Kier alpha value is -2.67. The fourth-order valence-electron chi connectivity index (χ4n) is 1.37. The Labute approximate surface area is 98.6 Å². The zero-order valence-corrected chi connectivity index (χ0v) is 8.95. The van der Waals surface area contributed by atoms with Crippen LogP contribution < -0.4 is 0 Å². The summed E-state index contributed by atoms with van der Waals surface area (Å²) in [5, 5.41) is 21.1. The normalized spacial score (nSPS) is 8.82. The summed E-state index contributed by atoms with van der Waals surface area (Å²) in [6.07, 6.45) is 0. The molecule has 0 radical (unpaired) electrons. The van der Waals surface area contributed by atoms with E-state index in [9.17, 15) is 4.79 Å². The molecular formula is C13H10N2O2. The molecular weight excluding hydrogens is 216 g/mol. The third-order valence-electron chi connectivity index (χ3n) is 2.17. The number of nitrogens with zero attached hydrogens (tertiary/aromatic N) is 2. The van der Waals surface area contributed by atoms with Crippen molar-refractivity contribution in [1.82, 2.24) is 0 Å². The first-order valence-electron chi connectivity index (χ1n) is 4.86. The lowest BCUT2D eigenvalue weighted by Crippen LogP contribution is -1.99. The van der Waals surface area contributed by atoms with Gasteiger partial charge in [-0.05, 0) is 24.3 Å². The van der Waals surface area contributed by atoms with Gasteiger partial charge in [-0.15, -0.1) is 0 Å². The number of carbonyl (C=O) groups excluding carboxylic acids is 1. The van der Waals surface area contributed by atoms with Gasteiger partial charge in [0.1, 0.15) is 5.75 Å². The SMILES string of the molecule is N#N.O=C(c1ccccc1)c1ccc(O)cc1. The van der Waals surface area contributed by atoms with Crippen LogP contribution in [0, 0.1) is 10.8 Å². The van der Waals surface area contributed by atoms with Crippen molar-refractivity contribution < 1.29 is 9.90 Å². The minimum Gasteiger partial charge on any atom is -0.508 e. The van der Waals surface area contributed by atoms with Gasteiger partial charge in [0, 0.05) is 21.9 Å². The number of hydrogen-bond donors (Lipinski definition) is 1. The maximum Gasteiger partial charge on any atom is 0.193 e. The van der Waals surface area contributed by atoms with Crippen LogP contribution in [0.3, 0.4) is 0 Å². The fraction of sp³-hybridized carbons (Fsp3) is 0. The molecule has 0 unspecified atom stereocenters. The number of rotatable bonds is 2. The van der Waals surface area contributed by atoms with E-state index in [4.69, 9.17) is 15.9 Å². The van der Waals surface area contributed by atoms with Gasteiger partial charge in [-0.1, -0.05) is 30.3 Å². The summed E-state index contributed by atoms with van der Waals surface area (Å²) < 4.78 is 0. The second-order valence-electron chi connectivity index (χ2n) is 3.24. The molecule has 0 aliphatic rings. The first-order chi connectivity index (χ1) is 8.27. The number of ketones is 1. The Morgan fingerprint density at radius 1 is 0.824 bits per heavy atom. The second-order valence-corrected chi connectivity index (χ2v) is 3.24. The molecule has 0 aromatic heterocycles. The first kappa shape index (κ1) is 12.4. The summed E-state index contributed by atoms with van der Waals surface area (Å²) in [6, 6.07) is 15.3. The van der Waals surface area contributed by atoms with E-state index < -0.39 is 0 Å². The number of phenolic OH excluding ortho intramolecular Hbond substituents is 1. The van der Waals surface area contributed by atoms with Crippen LogP contribution in [0.1, 0.15) is 15.9 Å². The molecule has 0 spiro atoms. The van der Waals surface area contributed by atoms with Crippen LogP contribution in [0.5, 0.6) is 5.75 Å². The van der Waals surface area contributed by atoms with Crippen molar-refractivity contribution in [3.8, 4) is 5.75 Å². The van der Waals surface area contributed by atoms with Gasteiger partial charge >= 0.3 is 0 Å². The van der Waals surface area contributed by atoms with Crippen LogP contribution in [-0.4, -0.2) is 10.9 Å². The Bertz CT molecular complexity index is 504. The summed E-state index contributed by atoms with van der Waals surface area (Å²) in [7, 11) is 0. The third kappa shape index (κ3) is 3.14. The van der Waals surface area contributed by atoms with Crippen molar-refractivity contribution in [2.24, 2.45) is 0 Å². The van der Waals surface area contributed by atoms with Crippen LogP contribution >= 0.6 is 0 Å². The highest BCUT2D eigenvalue weighted by molar-refractivity contribution is 6.08. The zero-order chi connectivity index (χ0) is 12.7. The van der Waals surface area contributed by atoms with E-state index in [2.05, 4.69) is 0 Å². The van der Waals surface area contributed by atoms with Crippen molar-refractivity contribution in [2.75, 3.05) is 0 Å². The van der Waals surface area contributed by atoms with Crippen LogP contribution in [0.25, 0.3) is 0 Å². The molecule has 0 saturated carbocycles. The van der Waals surface area contributed by atoms with Gasteiger partial charge in [0.25, 0.3) is 0 Å². The standard InChI is InChI=1S/C13H10O2.N2/c14-12-8-6-11(7-9-12)13(15)10-4-2-1-3-5-10;1-2/h1-9,14H;. The van der Waals surface area contributed by atoms with Gasteiger partial charge in [0.15, 0.2) is 5.78 Å². The summed E-state index contributed by atoms with van der Waals surface area (Å²) in [4.78, 5) is 11.9. The highest BCUT2D eigenvalue weighted by Gasteiger charge is 2.07. The summed E-state index contributed by atoms with van der Waals surface area (Å²) >= 11 is 0. The molecule has 4 heteroatoms. The van der Waals surface area contributed by atoms with Crippen LogP contribution in [-0.2, 0) is 0 Å². The molecule has 0 heterocycles. The average Bonchev–Trinajstić information content (AvgIpc) is 2.42. The van der Waals surface area contributed by atoms with Crippen molar-refractivity contribution in [1.29, 1.82) is 10.8 Å². The van der Waals surface area contributed by atoms with Gasteiger partial charge in [-0.3, -0.25) is 4.79 Å². The molecule has 2 aromatic carbocycles. The Morgan fingerprint density at radius 3 is 1.82 bits per heavy atom. The number of phenols is 1. The van der Waals surface area contributed by atoms with E-state index in [0.717, 1.165) is 0 Å². The minimum atomic E-state index is -0.0319. The summed E-state index contributed by atoms with van der Waals surface area (Å²) in [6.45, 7) is 0. The molecule has 4 nitrogen and oxygen atoms in total. The molecule has 1 N–H and O–H groups in total. The van der Waals surface area contributed by atoms with E-state index in [0.29, 0.717) is 11.1 Å². The first-order valence-corrected chi connectivity index (χ1v) is 4.86. The lowest BCUT2D eigenvalue weighted by molar-refractivity contribution is 0.103. The molecule has 2 aromatic rings. The minimum absolute atomic E-state index is 0.0319. The molecule has 2 rings (SSSR count). The maximum atomic E-state index is 11.9. The monoisotopic (exact) mass is 226 g/mol. The molecule has 0 aliphatic carbocycles. The molecule has 0 bridgehead atoms. The molecule has 17 heavy (non-hydrogen) atoms. The predicted molar refractivity (Wildman–Crippen MR) is 61.4 cm³/mol. The highest BCUT2D eigenvalue weighted by Crippen LogP contribution is 2.13. The zero-order valence-electron chi connectivity index (χ0n) is 8.95. The number of hydrogen-bond acceptors (Lipinski definition) is 4. The summed E-state index contributed by atoms with van der Waals surface area (Å²) in [5.74, 6) is 0.134. The average molecular weight is 226 g/mol. The van der Waals surface area contributed by atoms with Gasteiger partial charge < -0.3 is 5.11 Å². The van der Waals surface area contributed by atoms with Gasteiger partial charge in [0.05, 0.1) is 0 Å². The molecule has 0 atom stereocenters. The summed E-state index contributed by atoms with van der Waals surface area (Å²) in [5.41, 5.74) is 1.24. The van der Waals surface area contributed by atoms with Gasteiger partial charge in [-0.25, -0.2) is 0 Å². The predicted octanol–water partition coefficient (Wildman–Crippen LogP) is 2.65. The van der Waals surface area contributed by atoms with Crippen LogP contribution in [0.4, 0.5) is 0 Å². The quantitative estimate of drug-likeness (QED) is 0.630. The second kappa shape index (κ2) is 6.03. The number of carbonyl (C=O) groups is 1. The molecule has 0 saturated heterocycles. The lowest BCUT2D eigenvalue weighted by Gasteiger charge is -2.00. The molecule has 0 fully saturated rings. The van der Waals surface area contributed by atoms with E-state index in [1.807, 2.05) is 18.2 Å². The largest absolute Gasteiger partial charge is 0.508 e. The lowest BCUT2D eigenvalue weighted by atomic mass is 10.0. The van der Waals surface area contributed by atoms with Crippen LogP contribution in [0.15, 0.2) is 54.6 Å². The van der Waals surface area contributed by atoms with Crippen molar-refractivity contribution in [3.63, 3.8) is 0 Å². The molecule has 0 aliphatic heterocycles.